The van der Waals surface area contributed by atoms with Gasteiger partial charge in [-0.05, 0) is 22.6 Å². The SMILES string of the molecule is CC(C)(C)C(=O)COC(=O)c1ccccc1-n1cnnn1. The summed E-state index contributed by atoms with van der Waals surface area (Å²) >= 11 is 0. The number of para-hydroxylation sites is 1. The third-order valence-electron chi connectivity index (χ3n) is 2.89. The minimum atomic E-state index is -0.585. The Balaban J connectivity index is 2.16. The number of tetrazole rings is 1. The van der Waals surface area contributed by atoms with Gasteiger partial charge in [-0.1, -0.05) is 32.9 Å². The number of hydrogen-bond donors (Lipinski definition) is 0. The zero-order valence-corrected chi connectivity index (χ0v) is 12.1. The molecule has 7 heteroatoms. The highest BCUT2D eigenvalue weighted by molar-refractivity contribution is 5.95. The fraction of sp³-hybridized carbons (Fsp3) is 0.357. The van der Waals surface area contributed by atoms with E-state index in [1.54, 1.807) is 45.0 Å². The number of carbonyl (C=O) groups excluding carboxylic acids is 2. The third-order valence-corrected chi connectivity index (χ3v) is 2.89. The third kappa shape index (κ3) is 3.50. The van der Waals surface area contributed by atoms with Crippen molar-refractivity contribution in [2.45, 2.75) is 20.8 Å². The van der Waals surface area contributed by atoms with Gasteiger partial charge in [0.15, 0.2) is 12.4 Å². The van der Waals surface area contributed by atoms with Gasteiger partial charge in [0.25, 0.3) is 0 Å². The number of aromatic nitrogens is 4. The number of Topliss-reactive ketones (excluding diaryl/α,β-unsaturated/α-hetero) is 1. The second kappa shape index (κ2) is 5.82. The number of ether oxygens (including phenoxy) is 1. The molecule has 0 radical (unpaired) electrons. The van der Waals surface area contributed by atoms with E-state index in [1.165, 1.54) is 11.0 Å². The zero-order valence-electron chi connectivity index (χ0n) is 12.1. The summed E-state index contributed by atoms with van der Waals surface area (Å²) in [7, 11) is 0. The van der Waals surface area contributed by atoms with Crippen molar-refractivity contribution >= 4 is 11.8 Å². The van der Waals surface area contributed by atoms with Gasteiger partial charge < -0.3 is 4.74 Å². The first kappa shape index (κ1) is 14.8. The average Bonchev–Trinajstić information content (AvgIpc) is 2.97. The summed E-state index contributed by atoms with van der Waals surface area (Å²) in [5, 5.41) is 10.8. The number of esters is 1. The lowest BCUT2D eigenvalue weighted by Crippen LogP contribution is -2.26. The molecular formula is C14H16N4O3. The van der Waals surface area contributed by atoms with E-state index in [9.17, 15) is 9.59 Å². The van der Waals surface area contributed by atoms with E-state index in [0.29, 0.717) is 11.3 Å². The molecule has 1 heterocycles. The molecule has 21 heavy (non-hydrogen) atoms. The molecule has 0 aliphatic heterocycles. The quantitative estimate of drug-likeness (QED) is 0.791. The van der Waals surface area contributed by atoms with Crippen molar-refractivity contribution < 1.29 is 14.3 Å². The van der Waals surface area contributed by atoms with Crippen molar-refractivity contribution in [1.29, 1.82) is 0 Å². The van der Waals surface area contributed by atoms with E-state index in [-0.39, 0.29) is 12.4 Å². The van der Waals surface area contributed by atoms with E-state index in [4.69, 9.17) is 4.74 Å². The van der Waals surface area contributed by atoms with Gasteiger partial charge in [-0.25, -0.2) is 4.79 Å². The Bertz CT molecular complexity index is 644. The number of ketones is 1. The van der Waals surface area contributed by atoms with Crippen LogP contribution in [0, 0.1) is 5.41 Å². The normalized spacial score (nSPS) is 11.2. The molecule has 2 aromatic rings. The molecule has 0 saturated heterocycles. The lowest BCUT2D eigenvalue weighted by molar-refractivity contribution is -0.129. The highest BCUT2D eigenvalue weighted by Gasteiger charge is 2.23. The van der Waals surface area contributed by atoms with Crippen molar-refractivity contribution in [2.24, 2.45) is 5.41 Å². The van der Waals surface area contributed by atoms with Gasteiger partial charge in [-0.3, -0.25) is 4.79 Å². The van der Waals surface area contributed by atoms with Crippen LogP contribution in [0.1, 0.15) is 31.1 Å². The summed E-state index contributed by atoms with van der Waals surface area (Å²) in [5.41, 5.74) is 0.248. The Hall–Kier alpha value is -2.57. The van der Waals surface area contributed by atoms with Gasteiger partial charge >= 0.3 is 5.97 Å². The molecule has 0 atom stereocenters. The Morgan fingerprint density at radius 1 is 1.24 bits per heavy atom. The molecule has 7 nitrogen and oxygen atoms in total. The topological polar surface area (TPSA) is 87.0 Å². The first-order valence-electron chi connectivity index (χ1n) is 6.42. The summed E-state index contributed by atoms with van der Waals surface area (Å²) in [4.78, 5) is 23.9. The monoisotopic (exact) mass is 288 g/mol. The van der Waals surface area contributed by atoms with E-state index in [2.05, 4.69) is 15.5 Å². The van der Waals surface area contributed by atoms with E-state index in [0.717, 1.165) is 0 Å². The van der Waals surface area contributed by atoms with Crippen molar-refractivity contribution in [3.63, 3.8) is 0 Å². The predicted molar refractivity (Wildman–Crippen MR) is 73.9 cm³/mol. The molecular weight excluding hydrogens is 272 g/mol. The smallest absolute Gasteiger partial charge is 0.340 e. The van der Waals surface area contributed by atoms with Crippen molar-refractivity contribution in [3.05, 3.63) is 36.2 Å². The fourth-order valence-electron chi connectivity index (χ4n) is 1.54. The highest BCUT2D eigenvalue weighted by atomic mass is 16.5. The van der Waals surface area contributed by atoms with Crippen LogP contribution in [0.3, 0.4) is 0 Å². The average molecular weight is 288 g/mol. The van der Waals surface area contributed by atoms with Gasteiger partial charge in [0.1, 0.15) is 6.33 Å². The van der Waals surface area contributed by atoms with Gasteiger partial charge in [-0.15, -0.1) is 5.10 Å². The van der Waals surface area contributed by atoms with Gasteiger partial charge in [0.2, 0.25) is 0 Å². The van der Waals surface area contributed by atoms with Crippen LogP contribution < -0.4 is 0 Å². The summed E-state index contributed by atoms with van der Waals surface area (Å²) in [5.74, 6) is -0.727. The van der Waals surface area contributed by atoms with Crippen molar-refractivity contribution in [2.75, 3.05) is 6.61 Å². The minimum absolute atomic E-state index is 0.143. The van der Waals surface area contributed by atoms with E-state index >= 15 is 0 Å². The summed E-state index contributed by atoms with van der Waals surface area (Å²) < 4.78 is 6.45. The molecule has 0 spiro atoms. The van der Waals surface area contributed by atoms with Crippen LogP contribution in [0.2, 0.25) is 0 Å². The van der Waals surface area contributed by atoms with Crippen LogP contribution in [0.15, 0.2) is 30.6 Å². The van der Waals surface area contributed by atoms with Gasteiger partial charge in [0, 0.05) is 5.41 Å². The Morgan fingerprint density at radius 2 is 1.95 bits per heavy atom. The summed E-state index contributed by atoms with van der Waals surface area (Å²) in [6.45, 7) is 5.07. The Morgan fingerprint density at radius 3 is 2.57 bits per heavy atom. The fourth-order valence-corrected chi connectivity index (χ4v) is 1.54. The molecule has 0 amide bonds. The molecule has 0 fully saturated rings. The van der Waals surface area contributed by atoms with Crippen LogP contribution >= 0.6 is 0 Å². The van der Waals surface area contributed by atoms with Crippen molar-refractivity contribution in [3.8, 4) is 5.69 Å². The van der Waals surface area contributed by atoms with Crippen LogP contribution in [0.5, 0.6) is 0 Å². The zero-order chi connectivity index (χ0) is 15.5. The molecule has 0 aliphatic rings. The van der Waals surface area contributed by atoms with Crippen LogP contribution in [0.25, 0.3) is 5.69 Å². The van der Waals surface area contributed by atoms with Gasteiger partial charge in [0.05, 0.1) is 11.3 Å². The Kier molecular flexibility index (Phi) is 4.11. The lowest BCUT2D eigenvalue weighted by atomic mass is 9.91. The molecule has 2 rings (SSSR count). The van der Waals surface area contributed by atoms with Crippen molar-refractivity contribution in [1.82, 2.24) is 20.2 Å². The van der Waals surface area contributed by atoms with E-state index in [1.807, 2.05) is 0 Å². The number of rotatable bonds is 4. The van der Waals surface area contributed by atoms with Crippen LogP contribution in [-0.4, -0.2) is 38.6 Å². The molecule has 1 aromatic heterocycles. The number of carbonyl (C=O) groups is 2. The predicted octanol–water partition coefficient (Wildman–Crippen LogP) is 1.43. The van der Waals surface area contributed by atoms with E-state index < -0.39 is 11.4 Å². The molecule has 0 saturated carbocycles. The van der Waals surface area contributed by atoms with Crippen LogP contribution in [-0.2, 0) is 9.53 Å². The molecule has 0 aliphatic carbocycles. The first-order chi connectivity index (χ1) is 9.89. The summed E-state index contributed by atoms with van der Waals surface area (Å²) in [6, 6.07) is 6.75. The molecule has 0 bridgehead atoms. The first-order valence-corrected chi connectivity index (χ1v) is 6.42. The Labute approximate surface area is 121 Å². The summed E-state index contributed by atoms with van der Waals surface area (Å²) in [6.07, 6.45) is 1.38. The lowest BCUT2D eigenvalue weighted by Gasteiger charge is -2.16. The minimum Gasteiger partial charge on any atom is -0.454 e. The van der Waals surface area contributed by atoms with Gasteiger partial charge in [-0.2, -0.15) is 4.68 Å². The molecule has 0 unspecified atom stereocenters. The standard InChI is InChI=1S/C14H16N4O3/c1-14(2,3)12(19)8-21-13(20)10-6-4-5-7-11(10)18-9-15-16-17-18/h4-7,9H,8H2,1-3H3. The number of hydrogen-bond acceptors (Lipinski definition) is 6. The molecule has 110 valence electrons. The second-order valence-corrected chi connectivity index (χ2v) is 5.52. The second-order valence-electron chi connectivity index (χ2n) is 5.52. The maximum Gasteiger partial charge on any atom is 0.340 e. The number of nitrogens with zero attached hydrogens (tertiary/aromatic N) is 4. The molecule has 0 N–H and O–H groups in total. The largest absolute Gasteiger partial charge is 0.454 e. The maximum absolute atomic E-state index is 12.1. The maximum atomic E-state index is 12.1. The molecule has 1 aromatic carbocycles. The highest BCUT2D eigenvalue weighted by Crippen LogP contribution is 2.17. The number of benzene rings is 1. The van der Waals surface area contributed by atoms with Crippen LogP contribution in [0.4, 0.5) is 0 Å².